The van der Waals surface area contributed by atoms with Gasteiger partial charge in [0.1, 0.15) is 11.4 Å². The van der Waals surface area contributed by atoms with Crippen LogP contribution in [0, 0.1) is 0 Å². The number of hydrogen-bond donors (Lipinski definition) is 1. The monoisotopic (exact) mass is 416 g/mol. The van der Waals surface area contributed by atoms with E-state index in [-0.39, 0.29) is 17.6 Å². The molecule has 0 saturated carbocycles. The van der Waals surface area contributed by atoms with E-state index in [1.54, 1.807) is 13.2 Å². The second kappa shape index (κ2) is 6.62. The molecule has 1 N–H and O–H groups in total. The summed E-state index contributed by atoms with van der Waals surface area (Å²) in [6, 6.07) is 3.26. The maximum absolute atomic E-state index is 12.1. The van der Waals surface area contributed by atoms with Gasteiger partial charge in [-0.05, 0) is 62.1 Å². The largest absolute Gasteiger partial charge is 0.494 e. The van der Waals surface area contributed by atoms with Crippen LogP contribution in [-0.2, 0) is 4.79 Å². The Morgan fingerprint density at radius 3 is 2.43 bits per heavy atom. The number of carbonyl (C=O) groups excluding carboxylic acids is 2. The molecule has 1 aliphatic heterocycles. The van der Waals surface area contributed by atoms with E-state index in [1.807, 2.05) is 19.1 Å². The zero-order valence-electron chi connectivity index (χ0n) is 11.6. The lowest BCUT2D eigenvalue weighted by molar-refractivity contribution is -0.122. The maximum atomic E-state index is 12.1. The van der Waals surface area contributed by atoms with Gasteiger partial charge < -0.3 is 10.1 Å². The summed E-state index contributed by atoms with van der Waals surface area (Å²) in [5.74, 6) is 0.372. The second-order valence-electron chi connectivity index (χ2n) is 4.46. The van der Waals surface area contributed by atoms with Crippen LogP contribution in [0.25, 0.3) is 6.08 Å². The highest BCUT2D eigenvalue weighted by atomic mass is 79.9. The van der Waals surface area contributed by atoms with E-state index in [1.165, 1.54) is 4.90 Å². The number of hydrogen-bond acceptors (Lipinski definition) is 3. The van der Waals surface area contributed by atoms with Crippen molar-refractivity contribution in [2.75, 3.05) is 13.7 Å². The van der Waals surface area contributed by atoms with Gasteiger partial charge in [0.05, 0.1) is 16.1 Å². The highest BCUT2D eigenvalue weighted by molar-refractivity contribution is 9.11. The van der Waals surface area contributed by atoms with Gasteiger partial charge in [0.25, 0.3) is 5.91 Å². The molecule has 0 radical (unpaired) electrons. The summed E-state index contributed by atoms with van der Waals surface area (Å²) >= 11 is 6.81. The van der Waals surface area contributed by atoms with Crippen molar-refractivity contribution in [3.63, 3.8) is 0 Å². The normalized spacial score (nSPS) is 16.6. The Balaban J connectivity index is 2.33. The number of ether oxygens (including phenoxy) is 1. The molecule has 0 aromatic heterocycles. The van der Waals surface area contributed by atoms with Crippen LogP contribution in [0.1, 0.15) is 18.9 Å². The van der Waals surface area contributed by atoms with Crippen molar-refractivity contribution in [2.45, 2.75) is 13.3 Å². The number of rotatable bonds is 4. The third kappa shape index (κ3) is 3.29. The van der Waals surface area contributed by atoms with E-state index >= 15 is 0 Å². The zero-order valence-corrected chi connectivity index (χ0v) is 14.7. The predicted octanol–water partition coefficient (Wildman–Crippen LogP) is 3.52. The molecule has 1 aromatic carbocycles. The minimum atomic E-state index is -0.375. The van der Waals surface area contributed by atoms with Gasteiger partial charge in [0.2, 0.25) is 0 Å². The Morgan fingerprint density at radius 2 is 1.90 bits per heavy atom. The summed E-state index contributed by atoms with van der Waals surface area (Å²) in [6.45, 7) is 2.33. The lowest BCUT2D eigenvalue weighted by Crippen LogP contribution is -2.31. The molecular weight excluding hydrogens is 404 g/mol. The Morgan fingerprint density at radius 1 is 1.29 bits per heavy atom. The van der Waals surface area contributed by atoms with Crippen molar-refractivity contribution in [2.24, 2.45) is 0 Å². The fraction of sp³-hybridized carbons (Fsp3) is 0.286. The summed E-state index contributed by atoms with van der Waals surface area (Å²) in [4.78, 5) is 25.1. The minimum absolute atomic E-state index is 0.275. The molecule has 1 heterocycles. The maximum Gasteiger partial charge on any atom is 0.329 e. The van der Waals surface area contributed by atoms with Crippen LogP contribution in [0.4, 0.5) is 4.79 Å². The number of halogens is 2. The summed E-state index contributed by atoms with van der Waals surface area (Å²) in [7, 11) is 1.58. The second-order valence-corrected chi connectivity index (χ2v) is 6.17. The van der Waals surface area contributed by atoms with Gasteiger partial charge in [-0.15, -0.1) is 0 Å². The lowest BCUT2D eigenvalue weighted by atomic mass is 10.2. The van der Waals surface area contributed by atoms with Crippen LogP contribution in [0.15, 0.2) is 26.8 Å². The molecule has 3 amide bonds. The Bertz CT molecular complexity index is 606. The first-order chi connectivity index (χ1) is 9.97. The zero-order chi connectivity index (χ0) is 15.6. The van der Waals surface area contributed by atoms with Gasteiger partial charge in [0.15, 0.2) is 0 Å². The number of nitrogens with zero attached hydrogens (tertiary/aromatic N) is 1. The first-order valence-corrected chi connectivity index (χ1v) is 7.94. The first kappa shape index (κ1) is 16.0. The molecule has 7 heteroatoms. The lowest BCUT2D eigenvalue weighted by Gasteiger charge is -2.09. The van der Waals surface area contributed by atoms with Crippen molar-refractivity contribution in [1.29, 1.82) is 0 Å². The first-order valence-electron chi connectivity index (χ1n) is 6.35. The van der Waals surface area contributed by atoms with Crippen LogP contribution < -0.4 is 10.1 Å². The average Bonchev–Trinajstić information content (AvgIpc) is 2.66. The van der Waals surface area contributed by atoms with Gasteiger partial charge in [-0.25, -0.2) is 4.79 Å². The van der Waals surface area contributed by atoms with Gasteiger partial charge in [0, 0.05) is 6.54 Å². The molecule has 0 unspecified atom stereocenters. The van der Waals surface area contributed by atoms with Gasteiger partial charge >= 0.3 is 6.03 Å². The molecule has 1 saturated heterocycles. The third-order valence-corrected chi connectivity index (χ3v) is 4.12. The van der Waals surface area contributed by atoms with Gasteiger partial charge in [-0.1, -0.05) is 6.92 Å². The Labute approximate surface area is 139 Å². The van der Waals surface area contributed by atoms with E-state index in [2.05, 4.69) is 37.2 Å². The number of imide groups is 1. The van der Waals surface area contributed by atoms with Crippen molar-refractivity contribution in [3.05, 3.63) is 32.3 Å². The molecule has 1 aromatic rings. The summed E-state index contributed by atoms with van der Waals surface area (Å²) in [5.41, 5.74) is 1.05. The Kier molecular flexibility index (Phi) is 5.05. The number of methoxy groups -OCH3 is 1. The Hall–Kier alpha value is -1.34. The quantitative estimate of drug-likeness (QED) is 0.602. The van der Waals surface area contributed by atoms with Crippen LogP contribution in [0.3, 0.4) is 0 Å². The number of nitrogens with one attached hydrogen (secondary N) is 1. The fourth-order valence-electron chi connectivity index (χ4n) is 2.02. The molecular formula is C14H14Br2N2O3. The van der Waals surface area contributed by atoms with Crippen LogP contribution in [-0.4, -0.2) is 30.5 Å². The smallest absolute Gasteiger partial charge is 0.329 e. The number of carbonyl (C=O) groups is 2. The van der Waals surface area contributed by atoms with E-state index in [0.717, 1.165) is 20.9 Å². The predicted molar refractivity (Wildman–Crippen MR) is 86.9 cm³/mol. The molecule has 112 valence electrons. The van der Waals surface area contributed by atoms with Crippen molar-refractivity contribution in [1.82, 2.24) is 10.2 Å². The highest BCUT2D eigenvalue weighted by Crippen LogP contribution is 2.35. The topological polar surface area (TPSA) is 58.6 Å². The SMILES string of the molecule is CCCN1C(=O)N/C(=C/c2cc(Br)c(OC)c(Br)c2)C1=O. The van der Waals surface area contributed by atoms with Crippen LogP contribution in [0.5, 0.6) is 5.75 Å². The van der Waals surface area contributed by atoms with E-state index < -0.39 is 0 Å². The summed E-state index contributed by atoms with van der Waals surface area (Å²) < 4.78 is 6.74. The highest BCUT2D eigenvalue weighted by Gasteiger charge is 2.32. The molecule has 21 heavy (non-hydrogen) atoms. The number of benzene rings is 1. The summed E-state index contributed by atoms with van der Waals surface area (Å²) in [6.07, 6.45) is 2.37. The summed E-state index contributed by atoms with van der Waals surface area (Å²) in [5, 5.41) is 2.59. The molecule has 0 spiro atoms. The molecule has 2 rings (SSSR count). The third-order valence-electron chi connectivity index (χ3n) is 2.95. The van der Waals surface area contributed by atoms with Crippen LogP contribution >= 0.6 is 31.9 Å². The van der Waals surface area contributed by atoms with E-state index in [9.17, 15) is 9.59 Å². The van der Waals surface area contributed by atoms with Gasteiger partial charge in [-0.2, -0.15) is 0 Å². The fourth-order valence-corrected chi connectivity index (χ4v) is 3.57. The molecule has 5 nitrogen and oxygen atoms in total. The van der Waals surface area contributed by atoms with Crippen LogP contribution in [0.2, 0.25) is 0 Å². The van der Waals surface area contributed by atoms with Crippen molar-refractivity contribution in [3.8, 4) is 5.75 Å². The molecule has 1 fully saturated rings. The van der Waals surface area contributed by atoms with Gasteiger partial charge in [-0.3, -0.25) is 9.69 Å². The van der Waals surface area contributed by atoms with E-state index in [0.29, 0.717) is 12.3 Å². The van der Waals surface area contributed by atoms with Crippen molar-refractivity contribution < 1.29 is 14.3 Å². The van der Waals surface area contributed by atoms with Crippen molar-refractivity contribution >= 4 is 49.9 Å². The molecule has 0 bridgehead atoms. The standard InChI is InChI=1S/C14H14Br2N2O3/c1-3-4-18-13(19)11(17-14(18)20)7-8-5-9(15)12(21-2)10(16)6-8/h5-7H,3-4H2,1-2H3,(H,17,20)/b11-7+. The van der Waals surface area contributed by atoms with E-state index in [4.69, 9.17) is 4.74 Å². The number of urea groups is 1. The minimum Gasteiger partial charge on any atom is -0.494 e. The molecule has 0 aliphatic carbocycles. The molecule has 1 aliphatic rings. The average molecular weight is 418 g/mol. The number of amides is 3. The molecule has 0 atom stereocenters.